The number of nitrogens with one attached hydrogen (secondary N) is 2. The Morgan fingerprint density at radius 2 is 2.08 bits per heavy atom. The molecule has 6 heteroatoms. The average Bonchev–Trinajstić information content (AvgIpc) is 2.97. The molecule has 4 aromatic rings. The van der Waals surface area contributed by atoms with Crippen LogP contribution in [0.25, 0.3) is 27.3 Å². The molecule has 3 N–H and O–H groups in total. The minimum absolute atomic E-state index is 0.0841. The van der Waals surface area contributed by atoms with E-state index in [4.69, 9.17) is 0 Å². The molecule has 0 aliphatic heterocycles. The van der Waals surface area contributed by atoms with Crippen LogP contribution >= 0.6 is 0 Å². The first kappa shape index (κ1) is 14.7. The zero-order chi connectivity index (χ0) is 16.8. The Labute approximate surface area is 138 Å². The fourth-order valence-electron chi connectivity index (χ4n) is 3.16. The monoisotopic (exact) mass is 323 g/mol. The minimum atomic E-state index is -0.0841. The number of hydrogen-bond acceptors (Lipinski definition) is 4. The summed E-state index contributed by atoms with van der Waals surface area (Å²) in [6.07, 6.45) is 1.73. The van der Waals surface area contributed by atoms with E-state index in [1.807, 2.05) is 16.5 Å². The number of rotatable bonds is 4. The molecule has 0 fully saturated rings. The lowest BCUT2D eigenvalue weighted by molar-refractivity contribution is -0.856. The molecular formula is C18H19N4O2+. The Kier molecular flexibility index (Phi) is 3.28. The Balaban J connectivity index is 2.02. The number of phenolic OH excluding ortho intramolecular Hbond substituents is 1. The summed E-state index contributed by atoms with van der Waals surface area (Å²) in [4.78, 5) is 18.8. The van der Waals surface area contributed by atoms with E-state index in [1.165, 1.54) is 11.0 Å². The van der Waals surface area contributed by atoms with Crippen molar-refractivity contribution in [3.8, 4) is 5.75 Å². The van der Waals surface area contributed by atoms with E-state index in [9.17, 15) is 9.90 Å². The lowest BCUT2D eigenvalue weighted by Gasteiger charge is -2.12. The molecule has 0 saturated carbocycles. The molecule has 0 aliphatic carbocycles. The molecule has 0 saturated heterocycles. The van der Waals surface area contributed by atoms with Crippen LogP contribution in [0, 0.1) is 0 Å². The third kappa shape index (κ3) is 2.15. The number of anilines is 1. The summed E-state index contributed by atoms with van der Waals surface area (Å²) in [7, 11) is 4.18. The quantitative estimate of drug-likeness (QED) is 0.484. The number of nitrogens with zero attached hydrogens (tertiary/aromatic N) is 2. The van der Waals surface area contributed by atoms with Crippen molar-refractivity contribution in [1.82, 2.24) is 9.38 Å². The number of hydrogen-bond donors (Lipinski definition) is 3. The fraction of sp³-hybridized carbons (Fsp3) is 0.222. The van der Waals surface area contributed by atoms with Crippen molar-refractivity contribution >= 4 is 33.0 Å². The van der Waals surface area contributed by atoms with E-state index < -0.39 is 0 Å². The molecule has 0 amide bonds. The lowest BCUT2D eigenvalue weighted by atomic mass is 10.1. The maximum atomic E-state index is 13.1. The molecule has 2 aromatic carbocycles. The molecule has 6 nitrogen and oxygen atoms in total. The van der Waals surface area contributed by atoms with Crippen LogP contribution in [0.2, 0.25) is 0 Å². The standard InChI is InChI=1S/C18H18N4O2/c1-21(2)8-7-19-13-4-5-14-17-16(13)18(24)12-9-11(23)3-6-15(12)22(17)10-20-14/h3-6,9-10,19,23H,7-8H2,1-2H3/p+1. The number of pyridine rings is 1. The molecule has 2 aromatic heterocycles. The van der Waals surface area contributed by atoms with Crippen LogP contribution < -0.4 is 15.6 Å². The molecule has 4 rings (SSSR count). The molecular weight excluding hydrogens is 304 g/mol. The van der Waals surface area contributed by atoms with E-state index in [-0.39, 0.29) is 11.2 Å². The number of likely N-dealkylation sites (N-methyl/N-ethyl adjacent to an activating group) is 1. The van der Waals surface area contributed by atoms with E-state index in [1.54, 1.807) is 18.5 Å². The van der Waals surface area contributed by atoms with Crippen LogP contribution in [0.1, 0.15) is 0 Å². The zero-order valence-electron chi connectivity index (χ0n) is 13.6. The van der Waals surface area contributed by atoms with Crippen LogP contribution in [0.5, 0.6) is 5.75 Å². The fourth-order valence-corrected chi connectivity index (χ4v) is 3.16. The van der Waals surface area contributed by atoms with Gasteiger partial charge in [-0.1, -0.05) is 0 Å². The van der Waals surface area contributed by atoms with Gasteiger partial charge in [0.2, 0.25) is 0 Å². The summed E-state index contributed by atoms with van der Waals surface area (Å²) in [5.74, 6) is 0.0866. The number of aromatic hydroxyl groups is 1. The second-order valence-corrected chi connectivity index (χ2v) is 6.38. The second-order valence-electron chi connectivity index (χ2n) is 6.38. The molecule has 24 heavy (non-hydrogen) atoms. The van der Waals surface area contributed by atoms with Gasteiger partial charge < -0.3 is 15.3 Å². The Morgan fingerprint density at radius 3 is 2.88 bits per heavy atom. The van der Waals surface area contributed by atoms with Gasteiger partial charge in [-0.2, -0.15) is 0 Å². The summed E-state index contributed by atoms with van der Waals surface area (Å²) in [5.41, 5.74) is 3.09. The van der Waals surface area contributed by atoms with Crippen molar-refractivity contribution in [3.05, 3.63) is 46.9 Å². The maximum Gasteiger partial charge on any atom is 0.199 e. The summed E-state index contributed by atoms with van der Waals surface area (Å²) < 4.78 is 1.92. The number of fused-ring (bicyclic) bond motifs is 2. The predicted molar refractivity (Wildman–Crippen MR) is 95.5 cm³/mol. The number of benzene rings is 2. The molecule has 2 heterocycles. The van der Waals surface area contributed by atoms with Crippen LogP contribution in [-0.4, -0.2) is 41.7 Å². The van der Waals surface area contributed by atoms with Gasteiger partial charge in [-0.25, -0.2) is 4.98 Å². The molecule has 0 atom stereocenters. The van der Waals surface area contributed by atoms with Gasteiger partial charge in [0.05, 0.1) is 54.5 Å². The van der Waals surface area contributed by atoms with Gasteiger partial charge in [-0.15, -0.1) is 0 Å². The molecule has 0 spiro atoms. The first-order valence-electron chi connectivity index (χ1n) is 7.97. The highest BCUT2D eigenvalue weighted by Crippen LogP contribution is 2.29. The van der Waals surface area contributed by atoms with E-state index >= 15 is 0 Å². The van der Waals surface area contributed by atoms with Gasteiger partial charge in [0.25, 0.3) is 0 Å². The van der Waals surface area contributed by atoms with Gasteiger partial charge >= 0.3 is 0 Å². The lowest BCUT2D eigenvalue weighted by Crippen LogP contribution is -3.06. The molecule has 0 unspecified atom stereocenters. The van der Waals surface area contributed by atoms with Gasteiger partial charge in [-0.05, 0) is 30.3 Å². The van der Waals surface area contributed by atoms with Crippen molar-refractivity contribution < 1.29 is 10.0 Å². The number of quaternary nitrogens is 1. The summed E-state index contributed by atoms with van der Waals surface area (Å²) >= 11 is 0. The molecule has 0 bridgehead atoms. The van der Waals surface area contributed by atoms with Crippen LogP contribution in [0.3, 0.4) is 0 Å². The Hall–Kier alpha value is -2.86. The molecule has 122 valence electrons. The second kappa shape index (κ2) is 5.35. The zero-order valence-corrected chi connectivity index (χ0v) is 13.6. The van der Waals surface area contributed by atoms with Crippen molar-refractivity contribution in [2.45, 2.75) is 0 Å². The van der Waals surface area contributed by atoms with Crippen LogP contribution in [-0.2, 0) is 0 Å². The van der Waals surface area contributed by atoms with Crippen LogP contribution in [0.15, 0.2) is 41.5 Å². The van der Waals surface area contributed by atoms with Crippen molar-refractivity contribution in [3.63, 3.8) is 0 Å². The van der Waals surface area contributed by atoms with Gasteiger partial charge in [-0.3, -0.25) is 9.20 Å². The van der Waals surface area contributed by atoms with Gasteiger partial charge in [0.15, 0.2) is 5.43 Å². The summed E-state index contributed by atoms with van der Waals surface area (Å²) in [6, 6.07) is 8.70. The Bertz CT molecular complexity index is 1100. The molecule has 0 aliphatic rings. The normalized spacial score (nSPS) is 12.0. The van der Waals surface area contributed by atoms with E-state index in [2.05, 4.69) is 24.4 Å². The Morgan fingerprint density at radius 1 is 1.25 bits per heavy atom. The highest BCUT2D eigenvalue weighted by molar-refractivity contribution is 6.07. The smallest absolute Gasteiger partial charge is 0.199 e. The third-order valence-electron chi connectivity index (χ3n) is 4.36. The van der Waals surface area contributed by atoms with Crippen molar-refractivity contribution in [2.24, 2.45) is 0 Å². The number of aromatic nitrogens is 2. The number of phenols is 1. The predicted octanol–water partition coefficient (Wildman–Crippen LogP) is 0.701. The summed E-state index contributed by atoms with van der Waals surface area (Å²) in [5, 5.41) is 14.3. The first-order chi connectivity index (χ1) is 11.6. The van der Waals surface area contributed by atoms with E-state index in [0.29, 0.717) is 10.8 Å². The largest absolute Gasteiger partial charge is 0.508 e. The maximum absolute atomic E-state index is 13.1. The van der Waals surface area contributed by atoms with Crippen molar-refractivity contribution in [1.29, 1.82) is 0 Å². The highest BCUT2D eigenvalue weighted by Gasteiger charge is 2.16. The van der Waals surface area contributed by atoms with Crippen LogP contribution in [0.4, 0.5) is 5.69 Å². The SMILES string of the molecule is C[NH+](C)CCNc1ccc2ncn3c4ccc(O)cc4c(=O)c1c23. The van der Waals surface area contributed by atoms with Gasteiger partial charge in [0, 0.05) is 5.69 Å². The third-order valence-corrected chi connectivity index (χ3v) is 4.36. The average molecular weight is 323 g/mol. The highest BCUT2D eigenvalue weighted by atomic mass is 16.3. The van der Waals surface area contributed by atoms with Crippen molar-refractivity contribution in [2.75, 3.05) is 32.5 Å². The minimum Gasteiger partial charge on any atom is -0.508 e. The van der Waals surface area contributed by atoms with Gasteiger partial charge in [0.1, 0.15) is 12.1 Å². The topological polar surface area (TPSA) is 71.1 Å². The first-order valence-corrected chi connectivity index (χ1v) is 7.97. The number of imidazole rings is 1. The van der Waals surface area contributed by atoms with E-state index in [0.717, 1.165) is 35.3 Å². The molecule has 0 radical (unpaired) electrons. The summed E-state index contributed by atoms with van der Waals surface area (Å²) in [6.45, 7) is 1.72.